The maximum Gasteiger partial charge on any atom is 0.240 e. The Morgan fingerprint density at radius 2 is 2.29 bits per heavy atom. The molecule has 0 radical (unpaired) electrons. The summed E-state index contributed by atoms with van der Waals surface area (Å²) >= 11 is 0. The highest BCUT2D eigenvalue weighted by Gasteiger charge is 2.34. The Balaban J connectivity index is 1.94. The van der Waals surface area contributed by atoms with Crippen LogP contribution in [-0.2, 0) is 4.79 Å². The Bertz CT molecular complexity index is 270. The van der Waals surface area contributed by atoms with E-state index in [2.05, 4.69) is 12.2 Å². The standard InChI is InChI=1S/C13H24N2O2/c1-2-10-5-6-14-12(8-10)13(17)15-7-3-4-11(15)9-16/h10-12,14,16H,2-9H2,1H3/t10?,11-,12?/m0/s1. The molecule has 2 heterocycles. The summed E-state index contributed by atoms with van der Waals surface area (Å²) < 4.78 is 0. The van der Waals surface area contributed by atoms with E-state index in [4.69, 9.17) is 0 Å². The van der Waals surface area contributed by atoms with E-state index in [1.807, 2.05) is 4.90 Å². The van der Waals surface area contributed by atoms with Gasteiger partial charge in [-0.1, -0.05) is 13.3 Å². The lowest BCUT2D eigenvalue weighted by Crippen LogP contribution is -2.52. The van der Waals surface area contributed by atoms with Gasteiger partial charge in [-0.2, -0.15) is 0 Å². The minimum atomic E-state index is -0.0131. The molecule has 0 bridgehead atoms. The van der Waals surface area contributed by atoms with Gasteiger partial charge in [-0.25, -0.2) is 0 Å². The van der Waals surface area contributed by atoms with Crippen LogP contribution in [0.2, 0.25) is 0 Å². The normalized spacial score (nSPS) is 34.0. The summed E-state index contributed by atoms with van der Waals surface area (Å²) in [7, 11) is 0. The lowest BCUT2D eigenvalue weighted by Gasteiger charge is -2.33. The maximum absolute atomic E-state index is 12.4. The molecule has 2 fully saturated rings. The molecule has 2 unspecified atom stereocenters. The van der Waals surface area contributed by atoms with E-state index in [-0.39, 0.29) is 24.6 Å². The molecule has 4 heteroatoms. The van der Waals surface area contributed by atoms with Crippen molar-refractivity contribution < 1.29 is 9.90 Å². The first kappa shape index (κ1) is 12.8. The minimum absolute atomic E-state index is 0.0131. The fourth-order valence-corrected chi connectivity index (χ4v) is 3.07. The predicted octanol–water partition coefficient (Wildman–Crippen LogP) is 0.748. The molecule has 2 aliphatic heterocycles. The van der Waals surface area contributed by atoms with E-state index >= 15 is 0 Å². The van der Waals surface area contributed by atoms with Gasteiger partial charge in [0.2, 0.25) is 5.91 Å². The zero-order chi connectivity index (χ0) is 12.3. The zero-order valence-electron chi connectivity index (χ0n) is 10.7. The number of carbonyl (C=O) groups is 1. The second-order valence-corrected chi connectivity index (χ2v) is 5.32. The number of hydrogen-bond acceptors (Lipinski definition) is 3. The molecule has 0 saturated carbocycles. The molecule has 17 heavy (non-hydrogen) atoms. The Morgan fingerprint density at radius 1 is 1.47 bits per heavy atom. The van der Waals surface area contributed by atoms with Crippen LogP contribution in [0.4, 0.5) is 0 Å². The van der Waals surface area contributed by atoms with Crippen molar-refractivity contribution in [2.24, 2.45) is 5.92 Å². The fourth-order valence-electron chi connectivity index (χ4n) is 3.07. The first-order valence-corrected chi connectivity index (χ1v) is 6.91. The van der Waals surface area contributed by atoms with Crippen LogP contribution in [0, 0.1) is 5.92 Å². The van der Waals surface area contributed by atoms with Crippen LogP contribution in [0.25, 0.3) is 0 Å². The van der Waals surface area contributed by atoms with E-state index in [0.717, 1.165) is 38.8 Å². The van der Waals surface area contributed by atoms with Gasteiger partial charge < -0.3 is 15.3 Å². The second-order valence-electron chi connectivity index (χ2n) is 5.32. The zero-order valence-corrected chi connectivity index (χ0v) is 10.7. The van der Waals surface area contributed by atoms with Crippen molar-refractivity contribution in [3.8, 4) is 0 Å². The molecule has 2 saturated heterocycles. The van der Waals surface area contributed by atoms with E-state index in [9.17, 15) is 9.90 Å². The number of aliphatic hydroxyl groups is 1. The third-order valence-electron chi connectivity index (χ3n) is 4.26. The van der Waals surface area contributed by atoms with Gasteiger partial charge in [0.25, 0.3) is 0 Å². The Morgan fingerprint density at radius 3 is 3.00 bits per heavy atom. The molecule has 0 aliphatic carbocycles. The van der Waals surface area contributed by atoms with Crippen LogP contribution in [0.1, 0.15) is 39.0 Å². The summed E-state index contributed by atoms with van der Waals surface area (Å²) in [4.78, 5) is 14.3. The third-order valence-corrected chi connectivity index (χ3v) is 4.26. The van der Waals surface area contributed by atoms with E-state index < -0.39 is 0 Å². The largest absolute Gasteiger partial charge is 0.394 e. The lowest BCUT2D eigenvalue weighted by molar-refractivity contribution is -0.136. The first-order valence-electron chi connectivity index (χ1n) is 6.91. The highest BCUT2D eigenvalue weighted by atomic mass is 16.3. The molecule has 0 aromatic heterocycles. The number of carbonyl (C=O) groups excluding carboxylic acids is 1. The SMILES string of the molecule is CCC1CCNC(C(=O)N2CCC[C@H]2CO)C1. The average molecular weight is 240 g/mol. The smallest absolute Gasteiger partial charge is 0.240 e. The molecule has 0 aromatic rings. The van der Waals surface area contributed by atoms with Crippen molar-refractivity contribution in [3.05, 3.63) is 0 Å². The summed E-state index contributed by atoms with van der Waals surface area (Å²) in [6.07, 6.45) is 5.29. The van der Waals surface area contributed by atoms with Crippen LogP contribution in [0.15, 0.2) is 0 Å². The molecule has 0 aromatic carbocycles. The van der Waals surface area contributed by atoms with Crippen molar-refractivity contribution in [3.63, 3.8) is 0 Å². The van der Waals surface area contributed by atoms with Crippen molar-refractivity contribution in [2.75, 3.05) is 19.7 Å². The molecular formula is C13H24N2O2. The van der Waals surface area contributed by atoms with Gasteiger partial charge in [0.1, 0.15) is 0 Å². The van der Waals surface area contributed by atoms with E-state index in [1.54, 1.807) is 0 Å². The first-order chi connectivity index (χ1) is 8.26. The Kier molecular flexibility index (Phi) is 4.40. The molecular weight excluding hydrogens is 216 g/mol. The van der Waals surface area contributed by atoms with Crippen LogP contribution < -0.4 is 5.32 Å². The lowest BCUT2D eigenvalue weighted by atomic mass is 9.90. The van der Waals surface area contributed by atoms with Gasteiger partial charge in [-0.3, -0.25) is 4.79 Å². The summed E-state index contributed by atoms with van der Waals surface area (Å²) in [5.74, 6) is 0.889. The summed E-state index contributed by atoms with van der Waals surface area (Å²) in [6, 6.07) is 0.0483. The van der Waals surface area contributed by atoms with Crippen molar-refractivity contribution in [2.45, 2.75) is 51.1 Å². The van der Waals surface area contributed by atoms with Gasteiger partial charge in [-0.15, -0.1) is 0 Å². The number of rotatable bonds is 3. The molecule has 4 nitrogen and oxygen atoms in total. The summed E-state index contributed by atoms with van der Waals surface area (Å²) in [5, 5.41) is 12.6. The van der Waals surface area contributed by atoms with Gasteiger partial charge in [0.05, 0.1) is 18.7 Å². The minimum Gasteiger partial charge on any atom is -0.394 e. The van der Waals surface area contributed by atoms with Crippen molar-refractivity contribution in [1.29, 1.82) is 0 Å². The molecule has 2 rings (SSSR count). The number of piperidine rings is 1. The molecule has 2 N–H and O–H groups in total. The van der Waals surface area contributed by atoms with Crippen LogP contribution in [0.5, 0.6) is 0 Å². The van der Waals surface area contributed by atoms with Crippen molar-refractivity contribution >= 4 is 5.91 Å². The summed E-state index contributed by atoms with van der Waals surface area (Å²) in [5.41, 5.74) is 0. The Labute approximate surface area is 103 Å². The summed E-state index contributed by atoms with van der Waals surface area (Å²) in [6.45, 7) is 4.07. The molecule has 2 aliphatic rings. The second kappa shape index (κ2) is 5.83. The molecule has 98 valence electrons. The van der Waals surface area contributed by atoms with E-state index in [1.165, 1.54) is 6.42 Å². The average Bonchev–Trinajstić information content (AvgIpc) is 2.86. The van der Waals surface area contributed by atoms with Crippen LogP contribution in [-0.4, -0.2) is 47.7 Å². The van der Waals surface area contributed by atoms with Gasteiger partial charge in [0.15, 0.2) is 0 Å². The van der Waals surface area contributed by atoms with Crippen LogP contribution in [0.3, 0.4) is 0 Å². The van der Waals surface area contributed by atoms with Gasteiger partial charge >= 0.3 is 0 Å². The quantitative estimate of drug-likeness (QED) is 0.765. The molecule has 3 atom stereocenters. The third kappa shape index (κ3) is 2.80. The highest BCUT2D eigenvalue weighted by molar-refractivity contribution is 5.82. The van der Waals surface area contributed by atoms with E-state index in [0.29, 0.717) is 5.92 Å². The topological polar surface area (TPSA) is 52.6 Å². The van der Waals surface area contributed by atoms with Crippen molar-refractivity contribution in [1.82, 2.24) is 10.2 Å². The monoisotopic (exact) mass is 240 g/mol. The number of hydrogen-bond donors (Lipinski definition) is 2. The number of aliphatic hydroxyl groups excluding tert-OH is 1. The fraction of sp³-hybridized carbons (Fsp3) is 0.923. The predicted molar refractivity (Wildman–Crippen MR) is 66.6 cm³/mol. The van der Waals surface area contributed by atoms with Crippen LogP contribution >= 0.6 is 0 Å². The number of nitrogens with zero attached hydrogens (tertiary/aromatic N) is 1. The molecule has 0 spiro atoms. The molecule has 1 amide bonds. The number of nitrogens with one attached hydrogen (secondary N) is 1. The highest BCUT2D eigenvalue weighted by Crippen LogP contribution is 2.23. The number of likely N-dealkylation sites (tertiary alicyclic amines) is 1. The number of amides is 1. The van der Waals surface area contributed by atoms with Gasteiger partial charge in [0, 0.05) is 6.54 Å². The maximum atomic E-state index is 12.4. The van der Waals surface area contributed by atoms with Gasteiger partial charge in [-0.05, 0) is 38.1 Å². The Hall–Kier alpha value is -0.610.